The van der Waals surface area contributed by atoms with Crippen LogP contribution in [0.15, 0.2) is 53.6 Å². The lowest BCUT2D eigenvalue weighted by atomic mass is 9.82. The van der Waals surface area contributed by atoms with Crippen LogP contribution in [0.1, 0.15) is 97.4 Å². The molecule has 2 aromatic carbocycles. The number of ether oxygens (including phenoxy) is 1. The quantitative estimate of drug-likeness (QED) is 0.0954. The number of nitrogens with zero attached hydrogens (tertiary/aromatic N) is 5. The van der Waals surface area contributed by atoms with E-state index in [0.29, 0.717) is 46.9 Å². The second-order valence-electron chi connectivity index (χ2n) is 17.1. The number of hydrogen-bond donors (Lipinski definition) is 1. The van der Waals surface area contributed by atoms with E-state index in [-0.39, 0.29) is 29.9 Å². The summed E-state index contributed by atoms with van der Waals surface area (Å²) in [6.07, 6.45) is 0.859. The Bertz CT molecular complexity index is 2290. The first-order chi connectivity index (χ1) is 26.2. The number of fused-ring (bicyclic) bond motifs is 1. The molecule has 0 aliphatic heterocycles. The lowest BCUT2D eigenvalue weighted by Gasteiger charge is -2.34. The molecule has 1 atom stereocenters. The number of pyridine rings is 1. The third kappa shape index (κ3) is 10.0. The van der Waals surface area contributed by atoms with Gasteiger partial charge in [-0.2, -0.15) is 0 Å². The minimum atomic E-state index is -4.61. The van der Waals surface area contributed by atoms with Gasteiger partial charge in [0.1, 0.15) is 11.2 Å². The molecule has 1 N–H and O–H groups in total. The van der Waals surface area contributed by atoms with Crippen molar-refractivity contribution >= 4 is 44.4 Å². The molecular weight excluding hydrogens is 753 g/mol. The monoisotopic (exact) mass is 806 g/mol. The van der Waals surface area contributed by atoms with E-state index < -0.39 is 59.2 Å². The zero-order valence-corrected chi connectivity index (χ0v) is 35.6. The van der Waals surface area contributed by atoms with Gasteiger partial charge in [-0.25, -0.2) is 27.5 Å². The molecule has 0 saturated heterocycles. The molecule has 15 nitrogen and oxygen atoms in total. The maximum absolute atomic E-state index is 14.4. The van der Waals surface area contributed by atoms with Crippen molar-refractivity contribution in [1.82, 2.24) is 19.2 Å². The van der Waals surface area contributed by atoms with Gasteiger partial charge in [-0.05, 0) is 107 Å². The number of hydrogen-bond acceptors (Lipinski definition) is 10. The Morgan fingerprint density at radius 3 is 1.98 bits per heavy atom. The maximum atomic E-state index is 14.4. The highest BCUT2D eigenvalue weighted by atomic mass is 32.2. The lowest BCUT2D eigenvalue weighted by molar-refractivity contribution is -0.396. The highest BCUT2D eigenvalue weighted by Crippen LogP contribution is 2.41. The summed E-state index contributed by atoms with van der Waals surface area (Å²) in [6, 6.07) is 9.90. The fraction of sp³-hybridized carbons (Fsp3) is 0.488. The molecule has 2 aromatic heterocycles. The Morgan fingerprint density at radius 1 is 0.895 bits per heavy atom. The summed E-state index contributed by atoms with van der Waals surface area (Å²) < 4.78 is 37.2. The number of rotatable bonds is 14. The molecule has 4 aromatic rings. The van der Waals surface area contributed by atoms with Crippen LogP contribution in [0.5, 0.6) is 0 Å². The number of non-ortho nitro benzene ring substituents is 1. The third-order valence-corrected chi connectivity index (χ3v) is 10.8. The zero-order chi connectivity index (χ0) is 42.9. The molecule has 0 saturated carbocycles. The van der Waals surface area contributed by atoms with Gasteiger partial charge in [-0.15, -0.1) is 0 Å². The maximum Gasteiger partial charge on any atom is 0.420 e. The second kappa shape index (κ2) is 16.7. The van der Waals surface area contributed by atoms with Crippen LogP contribution in [0, 0.1) is 45.9 Å². The second-order valence-corrected chi connectivity index (χ2v) is 18.8. The standard InChI is InChI=1S/C41H54N6O9S/c1-24(2)22-44(23-25(3)4)38(48)41(11,12)30-18-32-35(28(7)20-43-57(54,55)34-14-13-31(46(50)51)19-33(34)47(52)53)36(29-16-26(5)15-27(6)17-29)45(37(32)42-21-30)39(49)56-40(8,9)10/h13-19,21,24-25,28,43H,20,22-23H2,1-12H3. The Hall–Kier alpha value is -5.22. The smallest absolute Gasteiger partial charge is 0.420 e. The van der Waals surface area contributed by atoms with Crippen molar-refractivity contribution in [2.24, 2.45) is 11.8 Å². The minimum absolute atomic E-state index is 0.0980. The van der Waals surface area contributed by atoms with Crippen molar-refractivity contribution in [2.75, 3.05) is 19.6 Å². The van der Waals surface area contributed by atoms with Crippen molar-refractivity contribution in [1.29, 1.82) is 0 Å². The molecule has 1 amide bonds. The van der Waals surface area contributed by atoms with Crippen molar-refractivity contribution in [2.45, 2.75) is 105 Å². The highest BCUT2D eigenvalue weighted by Gasteiger charge is 2.37. The van der Waals surface area contributed by atoms with Gasteiger partial charge in [0.2, 0.25) is 15.9 Å². The number of nitro benzene ring substituents is 2. The van der Waals surface area contributed by atoms with Crippen LogP contribution in [-0.2, 0) is 25.0 Å². The average Bonchev–Trinajstić information content (AvgIpc) is 3.43. The van der Waals surface area contributed by atoms with E-state index in [1.165, 1.54) is 4.57 Å². The Balaban J connectivity index is 2.01. The van der Waals surface area contributed by atoms with Crippen LogP contribution in [0.25, 0.3) is 22.3 Å². The SMILES string of the molecule is Cc1cc(C)cc(-c2c(C(C)CNS(=O)(=O)c3ccc([N+](=O)[O-])cc3[N+](=O)[O-])c3cc(C(C)(C)C(=O)N(CC(C)C)CC(C)C)cnc3n2C(=O)OC(C)(C)C)c1. The van der Waals surface area contributed by atoms with Gasteiger partial charge in [0.15, 0.2) is 4.90 Å². The molecule has 2 heterocycles. The Labute approximate surface area is 334 Å². The third-order valence-electron chi connectivity index (χ3n) is 9.35. The van der Waals surface area contributed by atoms with E-state index in [9.17, 15) is 38.2 Å². The van der Waals surface area contributed by atoms with Gasteiger partial charge in [0, 0.05) is 37.3 Å². The van der Waals surface area contributed by atoms with Crippen LogP contribution in [0.2, 0.25) is 0 Å². The topological polar surface area (TPSA) is 197 Å². The first-order valence-electron chi connectivity index (χ1n) is 18.8. The molecule has 0 spiro atoms. The van der Waals surface area contributed by atoms with E-state index in [4.69, 9.17) is 9.72 Å². The summed E-state index contributed by atoms with van der Waals surface area (Å²) in [6.45, 7) is 23.4. The summed E-state index contributed by atoms with van der Waals surface area (Å²) in [5.41, 5.74) is 0.560. The van der Waals surface area contributed by atoms with Gasteiger partial charge in [-0.3, -0.25) is 25.0 Å². The van der Waals surface area contributed by atoms with Gasteiger partial charge < -0.3 is 9.64 Å². The highest BCUT2D eigenvalue weighted by molar-refractivity contribution is 7.89. The van der Waals surface area contributed by atoms with Gasteiger partial charge in [0.05, 0.1) is 27.0 Å². The van der Waals surface area contributed by atoms with Crippen LogP contribution in [0.4, 0.5) is 16.2 Å². The number of carbonyl (C=O) groups excluding carboxylic acids is 2. The van der Waals surface area contributed by atoms with Crippen LogP contribution in [-0.4, -0.2) is 70.0 Å². The van der Waals surface area contributed by atoms with Crippen LogP contribution < -0.4 is 4.72 Å². The number of amides is 1. The molecule has 57 heavy (non-hydrogen) atoms. The first kappa shape index (κ1) is 44.5. The van der Waals surface area contributed by atoms with E-state index in [0.717, 1.165) is 23.3 Å². The summed E-state index contributed by atoms with van der Waals surface area (Å²) >= 11 is 0. The molecule has 0 aliphatic rings. The molecular formula is C41H54N6O9S. The first-order valence-corrected chi connectivity index (χ1v) is 20.3. The molecule has 16 heteroatoms. The number of benzene rings is 2. The van der Waals surface area contributed by atoms with Gasteiger partial charge in [0.25, 0.3) is 11.4 Å². The average molecular weight is 807 g/mol. The normalized spacial score (nSPS) is 12.9. The Kier molecular flexibility index (Phi) is 13.0. The molecule has 308 valence electrons. The number of sulfonamides is 1. The van der Waals surface area contributed by atoms with E-state index in [1.807, 2.05) is 56.9 Å². The summed E-state index contributed by atoms with van der Waals surface area (Å²) in [5.74, 6) is -0.390. The fourth-order valence-electron chi connectivity index (χ4n) is 6.95. The number of carbonyl (C=O) groups is 2. The van der Waals surface area contributed by atoms with E-state index in [1.54, 1.807) is 33.9 Å². The molecule has 1 unspecified atom stereocenters. The van der Waals surface area contributed by atoms with Gasteiger partial charge >= 0.3 is 6.09 Å². The van der Waals surface area contributed by atoms with E-state index in [2.05, 4.69) is 32.4 Å². The number of aromatic nitrogens is 2. The minimum Gasteiger partial charge on any atom is -0.443 e. The molecule has 4 rings (SSSR count). The van der Waals surface area contributed by atoms with Gasteiger partial charge in [-0.1, -0.05) is 51.8 Å². The zero-order valence-electron chi connectivity index (χ0n) is 34.8. The Morgan fingerprint density at radius 2 is 1.47 bits per heavy atom. The molecule has 0 bridgehead atoms. The van der Waals surface area contributed by atoms with Crippen molar-refractivity contribution in [3.05, 3.63) is 91.1 Å². The molecule has 0 aliphatic carbocycles. The predicted octanol–water partition coefficient (Wildman–Crippen LogP) is 8.42. The summed E-state index contributed by atoms with van der Waals surface area (Å²) in [4.78, 5) is 55.9. The predicted molar refractivity (Wildman–Crippen MR) is 219 cm³/mol. The van der Waals surface area contributed by atoms with Crippen molar-refractivity contribution in [3.8, 4) is 11.3 Å². The summed E-state index contributed by atoms with van der Waals surface area (Å²) in [7, 11) is -4.61. The van der Waals surface area contributed by atoms with Crippen LogP contribution >= 0.6 is 0 Å². The number of aryl methyl sites for hydroxylation is 2. The van der Waals surface area contributed by atoms with Crippen molar-refractivity contribution in [3.63, 3.8) is 0 Å². The molecule has 0 fully saturated rings. The molecule has 0 radical (unpaired) electrons. The van der Waals surface area contributed by atoms with Crippen LogP contribution in [0.3, 0.4) is 0 Å². The fourth-order valence-corrected chi connectivity index (χ4v) is 8.24. The summed E-state index contributed by atoms with van der Waals surface area (Å²) in [5, 5.41) is 23.7. The van der Waals surface area contributed by atoms with Crippen molar-refractivity contribution < 1.29 is 32.6 Å². The number of nitrogens with one attached hydrogen (secondary N) is 1. The largest absolute Gasteiger partial charge is 0.443 e. The van der Waals surface area contributed by atoms with E-state index >= 15 is 0 Å². The number of nitro groups is 2. The lowest BCUT2D eigenvalue weighted by Crippen LogP contribution is -2.46.